The lowest BCUT2D eigenvalue weighted by Gasteiger charge is -2.05. The molecule has 2 heterocycles. The van der Waals surface area contributed by atoms with Crippen LogP contribution in [0.2, 0.25) is 5.02 Å². The summed E-state index contributed by atoms with van der Waals surface area (Å²) < 4.78 is 6.63. The number of carbonyl (C=O) groups is 1. The molecule has 154 valence electrons. The molecule has 2 aromatic heterocycles. The number of nitrogens with zero attached hydrogens (tertiary/aromatic N) is 4. The summed E-state index contributed by atoms with van der Waals surface area (Å²) in [6.07, 6.45) is 3.26. The molecule has 0 spiro atoms. The van der Waals surface area contributed by atoms with Gasteiger partial charge in [-0.2, -0.15) is 5.10 Å². The van der Waals surface area contributed by atoms with Crippen molar-refractivity contribution in [3.05, 3.63) is 88.1 Å². The molecule has 0 saturated heterocycles. The lowest BCUT2D eigenvalue weighted by Crippen LogP contribution is -2.13. The zero-order valence-electron chi connectivity index (χ0n) is 15.7. The van der Waals surface area contributed by atoms with E-state index in [1.807, 2.05) is 24.3 Å². The Bertz CT molecular complexity index is 1210. The zero-order chi connectivity index (χ0) is 21.6. The van der Waals surface area contributed by atoms with E-state index in [1.165, 1.54) is 0 Å². The summed E-state index contributed by atoms with van der Waals surface area (Å²) >= 11 is 10.3. The quantitative estimate of drug-likeness (QED) is 0.112. The van der Waals surface area contributed by atoms with Gasteiger partial charge in [0, 0.05) is 33.0 Å². The van der Waals surface area contributed by atoms with Crippen LogP contribution in [0.15, 0.2) is 92.3 Å². The second kappa shape index (κ2) is 9.86. The highest BCUT2D eigenvalue weighted by Crippen LogP contribution is 2.26. The minimum absolute atomic E-state index is 0.134. The topological polar surface area (TPSA) is 93.3 Å². The standard InChI is InChI=1S/C21H13BrClN5O2S/c22-15-3-7-17(8-4-15)25-27-20(18(29)13-1-5-16(23)6-2-13)31-21-28-26-19(30-21)14-9-11-24-12-10-14/h1-12,25H/b27-20-. The van der Waals surface area contributed by atoms with E-state index in [1.54, 1.807) is 48.8 Å². The molecule has 0 bridgehead atoms. The lowest BCUT2D eigenvalue weighted by molar-refractivity contribution is 0.106. The number of benzene rings is 2. The number of pyridine rings is 1. The molecule has 0 radical (unpaired) electrons. The number of aromatic nitrogens is 3. The third kappa shape index (κ3) is 5.57. The van der Waals surface area contributed by atoms with Gasteiger partial charge in [0.25, 0.3) is 5.22 Å². The third-order valence-electron chi connectivity index (χ3n) is 3.95. The van der Waals surface area contributed by atoms with Crippen molar-refractivity contribution < 1.29 is 9.21 Å². The van der Waals surface area contributed by atoms with Gasteiger partial charge in [-0.3, -0.25) is 15.2 Å². The van der Waals surface area contributed by atoms with E-state index in [0.29, 0.717) is 22.2 Å². The van der Waals surface area contributed by atoms with Crippen molar-refractivity contribution in [1.82, 2.24) is 15.2 Å². The minimum Gasteiger partial charge on any atom is -0.411 e. The van der Waals surface area contributed by atoms with Crippen molar-refractivity contribution in [2.75, 3.05) is 5.43 Å². The molecule has 0 fully saturated rings. The fraction of sp³-hybridized carbons (Fsp3) is 0. The maximum absolute atomic E-state index is 13.1. The summed E-state index contributed by atoms with van der Waals surface area (Å²) in [6.45, 7) is 0. The van der Waals surface area contributed by atoms with Crippen LogP contribution in [0, 0.1) is 0 Å². The van der Waals surface area contributed by atoms with Crippen molar-refractivity contribution in [2.45, 2.75) is 5.22 Å². The number of anilines is 1. The molecule has 0 saturated carbocycles. The van der Waals surface area contributed by atoms with Crippen molar-refractivity contribution in [3.63, 3.8) is 0 Å². The Hall–Kier alpha value is -3.01. The highest BCUT2D eigenvalue weighted by molar-refractivity contribution is 9.10. The molecule has 4 rings (SSSR count). The van der Waals surface area contributed by atoms with Gasteiger partial charge in [0.15, 0.2) is 5.04 Å². The van der Waals surface area contributed by atoms with E-state index < -0.39 is 0 Å². The second-order valence-corrected chi connectivity index (χ2v) is 8.37. The molecular weight excluding hydrogens is 502 g/mol. The number of hydrogen-bond acceptors (Lipinski definition) is 8. The van der Waals surface area contributed by atoms with Gasteiger partial charge in [0.05, 0.1) is 5.69 Å². The third-order valence-corrected chi connectivity index (χ3v) is 5.54. The molecule has 1 N–H and O–H groups in total. The summed E-state index contributed by atoms with van der Waals surface area (Å²) in [4.78, 5) is 17.0. The Morgan fingerprint density at radius 3 is 2.42 bits per heavy atom. The number of Topliss-reactive ketones (excluding diaryl/α,β-unsaturated/α-hetero) is 1. The van der Waals surface area contributed by atoms with Crippen molar-refractivity contribution >= 4 is 55.8 Å². The smallest absolute Gasteiger partial charge is 0.283 e. The molecule has 31 heavy (non-hydrogen) atoms. The van der Waals surface area contributed by atoms with Crippen LogP contribution in [0.1, 0.15) is 10.4 Å². The monoisotopic (exact) mass is 513 g/mol. The van der Waals surface area contributed by atoms with Crippen LogP contribution in [0.3, 0.4) is 0 Å². The van der Waals surface area contributed by atoms with Gasteiger partial charge in [0.1, 0.15) is 0 Å². The molecule has 0 aliphatic rings. The summed E-state index contributed by atoms with van der Waals surface area (Å²) in [5.41, 5.74) is 4.77. The Morgan fingerprint density at radius 1 is 1.00 bits per heavy atom. The highest BCUT2D eigenvalue weighted by atomic mass is 79.9. The molecule has 0 aliphatic heterocycles. The first-order valence-corrected chi connectivity index (χ1v) is 10.9. The SMILES string of the molecule is O=C(/C(=N/Nc1ccc(Br)cc1)Sc1nnc(-c2ccncc2)o1)c1ccc(Cl)cc1. The van der Waals surface area contributed by atoms with Gasteiger partial charge in [-0.05, 0) is 72.4 Å². The number of halogens is 2. The number of nitrogens with one attached hydrogen (secondary N) is 1. The van der Waals surface area contributed by atoms with Gasteiger partial charge in [-0.25, -0.2) is 0 Å². The maximum atomic E-state index is 13.1. The van der Waals surface area contributed by atoms with Gasteiger partial charge < -0.3 is 4.42 Å². The van der Waals surface area contributed by atoms with E-state index in [2.05, 4.69) is 41.6 Å². The summed E-state index contributed by atoms with van der Waals surface area (Å²) in [7, 11) is 0. The van der Waals surface area contributed by atoms with Crippen molar-refractivity contribution in [2.24, 2.45) is 5.10 Å². The predicted octanol–water partition coefficient (Wildman–Crippen LogP) is 5.95. The number of thioether (sulfide) groups is 1. The molecule has 4 aromatic rings. The fourth-order valence-corrected chi connectivity index (χ4v) is 3.49. The molecule has 2 aromatic carbocycles. The van der Waals surface area contributed by atoms with Crippen molar-refractivity contribution in [3.8, 4) is 11.5 Å². The zero-order valence-corrected chi connectivity index (χ0v) is 18.9. The Morgan fingerprint density at radius 2 is 1.71 bits per heavy atom. The van der Waals surface area contributed by atoms with E-state index >= 15 is 0 Å². The summed E-state index contributed by atoms with van der Waals surface area (Å²) in [5, 5.41) is 13.2. The average Bonchev–Trinajstić information content (AvgIpc) is 3.27. The van der Waals surface area contributed by atoms with Crippen LogP contribution in [0.25, 0.3) is 11.5 Å². The number of ketones is 1. The molecule has 0 aliphatic carbocycles. The first-order valence-electron chi connectivity index (χ1n) is 8.90. The van der Waals surface area contributed by atoms with Gasteiger partial charge in [-0.1, -0.05) is 27.5 Å². The van der Waals surface area contributed by atoms with Gasteiger partial charge in [0.2, 0.25) is 11.7 Å². The maximum Gasteiger partial charge on any atom is 0.283 e. The average molecular weight is 515 g/mol. The summed E-state index contributed by atoms with van der Waals surface area (Å²) in [6, 6.07) is 17.5. The first-order chi connectivity index (χ1) is 15.1. The molecule has 0 unspecified atom stereocenters. The van der Waals surface area contributed by atoms with E-state index in [-0.39, 0.29) is 16.0 Å². The van der Waals surface area contributed by atoms with E-state index in [0.717, 1.165) is 21.8 Å². The van der Waals surface area contributed by atoms with Crippen LogP contribution in [0.5, 0.6) is 0 Å². The second-order valence-electron chi connectivity index (χ2n) is 6.08. The Balaban J connectivity index is 1.61. The predicted molar refractivity (Wildman–Crippen MR) is 124 cm³/mol. The lowest BCUT2D eigenvalue weighted by atomic mass is 10.1. The molecule has 10 heteroatoms. The number of hydrogen-bond donors (Lipinski definition) is 1. The van der Waals surface area contributed by atoms with Crippen LogP contribution >= 0.6 is 39.3 Å². The fourth-order valence-electron chi connectivity index (χ4n) is 2.43. The number of rotatable bonds is 6. The molecular formula is C21H13BrClN5O2S. The molecule has 7 nitrogen and oxygen atoms in total. The van der Waals surface area contributed by atoms with Crippen LogP contribution in [-0.4, -0.2) is 26.0 Å². The molecule has 0 amide bonds. The van der Waals surface area contributed by atoms with Crippen LogP contribution in [0.4, 0.5) is 5.69 Å². The van der Waals surface area contributed by atoms with Gasteiger partial charge >= 0.3 is 0 Å². The molecule has 0 atom stereocenters. The van der Waals surface area contributed by atoms with E-state index in [9.17, 15) is 4.79 Å². The van der Waals surface area contributed by atoms with E-state index in [4.69, 9.17) is 16.0 Å². The highest BCUT2D eigenvalue weighted by Gasteiger charge is 2.20. The largest absolute Gasteiger partial charge is 0.411 e. The number of carbonyl (C=O) groups excluding carboxylic acids is 1. The van der Waals surface area contributed by atoms with Crippen LogP contribution < -0.4 is 5.43 Å². The van der Waals surface area contributed by atoms with Gasteiger partial charge in [-0.15, -0.1) is 10.2 Å². The first kappa shape index (κ1) is 21.2. The summed E-state index contributed by atoms with van der Waals surface area (Å²) in [5.74, 6) is 0.0130. The Labute approximate surface area is 195 Å². The normalized spacial score (nSPS) is 11.4. The van der Waals surface area contributed by atoms with Crippen molar-refractivity contribution in [1.29, 1.82) is 0 Å². The minimum atomic E-state index is -0.310. The number of hydrazone groups is 1. The van der Waals surface area contributed by atoms with Crippen LogP contribution in [-0.2, 0) is 0 Å². The Kier molecular flexibility index (Phi) is 6.76.